The molecule has 5 nitrogen and oxygen atoms in total. The Morgan fingerprint density at radius 2 is 1.43 bits per heavy atom. The van der Waals surface area contributed by atoms with E-state index in [1.54, 1.807) is 20.8 Å². The van der Waals surface area contributed by atoms with Gasteiger partial charge in [-0.1, -0.05) is 60.7 Å². The van der Waals surface area contributed by atoms with Gasteiger partial charge in [0.1, 0.15) is 5.69 Å². The Hall–Kier alpha value is -3.34. The molecule has 0 amide bonds. The fourth-order valence-electron chi connectivity index (χ4n) is 3.21. The van der Waals surface area contributed by atoms with Gasteiger partial charge in [0.25, 0.3) is 0 Å². The van der Waals surface area contributed by atoms with E-state index in [4.69, 9.17) is 9.47 Å². The second-order valence-corrected chi connectivity index (χ2v) is 6.45. The maximum Gasteiger partial charge on any atom is 0.355 e. The van der Waals surface area contributed by atoms with Crippen molar-refractivity contribution < 1.29 is 19.1 Å². The Bertz CT molecular complexity index is 922. The van der Waals surface area contributed by atoms with E-state index >= 15 is 0 Å². The molecule has 3 aromatic rings. The SMILES string of the molecule is CCOC(=O)c1[nH]c(C)c(C(=O)OC(c2ccccc2)c2ccccc2)c1C. The first kappa shape index (κ1) is 19.4. The number of esters is 2. The summed E-state index contributed by atoms with van der Waals surface area (Å²) < 4.78 is 11.0. The molecule has 1 N–H and O–H groups in total. The molecule has 1 heterocycles. The zero-order valence-corrected chi connectivity index (χ0v) is 16.2. The van der Waals surface area contributed by atoms with Crippen molar-refractivity contribution in [3.8, 4) is 0 Å². The molecule has 2 aromatic carbocycles. The highest BCUT2D eigenvalue weighted by molar-refractivity contribution is 5.98. The van der Waals surface area contributed by atoms with Crippen LogP contribution in [0.2, 0.25) is 0 Å². The molecular formula is C23H23NO4. The fraction of sp³-hybridized carbons (Fsp3) is 0.217. The summed E-state index contributed by atoms with van der Waals surface area (Å²) in [7, 11) is 0. The van der Waals surface area contributed by atoms with Crippen LogP contribution in [0.3, 0.4) is 0 Å². The highest BCUT2D eigenvalue weighted by Gasteiger charge is 2.27. The van der Waals surface area contributed by atoms with Gasteiger partial charge in [0.2, 0.25) is 0 Å². The Morgan fingerprint density at radius 3 is 1.93 bits per heavy atom. The van der Waals surface area contributed by atoms with Gasteiger partial charge in [0.05, 0.1) is 12.2 Å². The highest BCUT2D eigenvalue weighted by atomic mass is 16.5. The lowest BCUT2D eigenvalue weighted by atomic mass is 10.0. The quantitative estimate of drug-likeness (QED) is 0.629. The van der Waals surface area contributed by atoms with Gasteiger partial charge in [-0.2, -0.15) is 0 Å². The lowest BCUT2D eigenvalue weighted by Crippen LogP contribution is -2.14. The average Bonchev–Trinajstić information content (AvgIpc) is 3.02. The third-order valence-corrected chi connectivity index (χ3v) is 4.55. The number of hydrogen-bond donors (Lipinski definition) is 1. The Morgan fingerprint density at radius 1 is 0.893 bits per heavy atom. The number of ether oxygens (including phenoxy) is 2. The molecule has 3 rings (SSSR count). The monoisotopic (exact) mass is 377 g/mol. The van der Waals surface area contributed by atoms with Crippen LogP contribution in [0.1, 0.15) is 56.3 Å². The van der Waals surface area contributed by atoms with Gasteiger partial charge in [-0.05, 0) is 37.5 Å². The number of aryl methyl sites for hydroxylation is 1. The Labute approximate surface area is 164 Å². The maximum atomic E-state index is 13.0. The van der Waals surface area contributed by atoms with Crippen molar-refractivity contribution in [3.63, 3.8) is 0 Å². The highest BCUT2D eigenvalue weighted by Crippen LogP contribution is 2.29. The number of nitrogens with one attached hydrogen (secondary N) is 1. The normalized spacial score (nSPS) is 10.7. The van der Waals surface area contributed by atoms with E-state index in [0.717, 1.165) is 11.1 Å². The number of benzene rings is 2. The van der Waals surface area contributed by atoms with Crippen molar-refractivity contribution in [2.45, 2.75) is 26.9 Å². The van der Waals surface area contributed by atoms with Crippen LogP contribution >= 0.6 is 0 Å². The van der Waals surface area contributed by atoms with Crippen LogP contribution in [0.25, 0.3) is 0 Å². The molecule has 0 aliphatic heterocycles. The molecule has 0 atom stereocenters. The van der Waals surface area contributed by atoms with Crippen molar-refractivity contribution in [1.82, 2.24) is 4.98 Å². The van der Waals surface area contributed by atoms with E-state index in [9.17, 15) is 9.59 Å². The molecule has 144 valence electrons. The van der Waals surface area contributed by atoms with E-state index in [1.165, 1.54) is 0 Å². The lowest BCUT2D eigenvalue weighted by molar-refractivity contribution is 0.0376. The third kappa shape index (κ3) is 3.98. The van der Waals surface area contributed by atoms with Crippen molar-refractivity contribution >= 4 is 11.9 Å². The second kappa shape index (κ2) is 8.57. The summed E-state index contributed by atoms with van der Waals surface area (Å²) in [5.74, 6) is -0.968. The van der Waals surface area contributed by atoms with Crippen LogP contribution in [0.15, 0.2) is 60.7 Å². The van der Waals surface area contributed by atoms with Gasteiger partial charge < -0.3 is 14.5 Å². The largest absolute Gasteiger partial charge is 0.461 e. The number of aromatic amines is 1. The minimum atomic E-state index is -0.547. The van der Waals surface area contributed by atoms with Gasteiger partial charge in [0.15, 0.2) is 6.10 Å². The molecule has 0 unspecified atom stereocenters. The Kier molecular flexibility index (Phi) is 5.94. The van der Waals surface area contributed by atoms with Crippen LogP contribution in [-0.4, -0.2) is 23.5 Å². The topological polar surface area (TPSA) is 68.4 Å². The summed E-state index contributed by atoms with van der Waals surface area (Å²) in [6, 6.07) is 19.2. The molecular weight excluding hydrogens is 354 g/mol. The summed E-state index contributed by atoms with van der Waals surface area (Å²) in [4.78, 5) is 28.1. The van der Waals surface area contributed by atoms with E-state index in [1.807, 2.05) is 60.7 Å². The molecule has 0 aliphatic rings. The maximum absolute atomic E-state index is 13.0. The standard InChI is InChI=1S/C23H23NO4/c1-4-27-23(26)20-15(2)19(16(3)24-20)22(25)28-21(17-11-7-5-8-12-17)18-13-9-6-10-14-18/h5-14,21,24H,4H2,1-3H3. The third-order valence-electron chi connectivity index (χ3n) is 4.55. The molecule has 0 radical (unpaired) electrons. The van der Waals surface area contributed by atoms with Gasteiger partial charge in [-0.3, -0.25) is 0 Å². The molecule has 0 aliphatic carbocycles. The van der Waals surface area contributed by atoms with E-state index in [-0.39, 0.29) is 12.3 Å². The van der Waals surface area contributed by atoms with Crippen molar-refractivity contribution in [3.05, 3.63) is 94.3 Å². The predicted molar refractivity (Wildman–Crippen MR) is 106 cm³/mol. The average molecular weight is 377 g/mol. The number of rotatable bonds is 6. The van der Waals surface area contributed by atoms with Crippen LogP contribution < -0.4 is 0 Å². The molecule has 0 saturated carbocycles. The first-order chi connectivity index (χ1) is 13.5. The van der Waals surface area contributed by atoms with Gasteiger partial charge in [-0.15, -0.1) is 0 Å². The molecule has 5 heteroatoms. The van der Waals surface area contributed by atoms with E-state index in [2.05, 4.69) is 4.98 Å². The second-order valence-electron chi connectivity index (χ2n) is 6.45. The summed E-state index contributed by atoms with van der Waals surface area (Å²) >= 11 is 0. The number of H-pyrrole nitrogens is 1. The molecule has 0 bridgehead atoms. The lowest BCUT2D eigenvalue weighted by Gasteiger charge is -2.19. The number of carbonyl (C=O) groups is 2. The number of hydrogen-bond acceptors (Lipinski definition) is 4. The first-order valence-corrected chi connectivity index (χ1v) is 9.20. The molecule has 0 fully saturated rings. The van der Waals surface area contributed by atoms with Gasteiger partial charge in [0, 0.05) is 5.69 Å². The molecule has 0 spiro atoms. The van der Waals surface area contributed by atoms with Crippen molar-refractivity contribution in [2.75, 3.05) is 6.61 Å². The minimum absolute atomic E-state index is 0.264. The summed E-state index contributed by atoms with van der Waals surface area (Å²) in [5.41, 5.74) is 3.49. The fourth-order valence-corrected chi connectivity index (χ4v) is 3.21. The summed E-state index contributed by atoms with van der Waals surface area (Å²) in [6.45, 7) is 5.46. The number of aromatic nitrogens is 1. The number of carbonyl (C=O) groups excluding carboxylic acids is 2. The van der Waals surface area contributed by atoms with Crippen LogP contribution in [0.4, 0.5) is 0 Å². The van der Waals surface area contributed by atoms with Gasteiger partial charge in [-0.25, -0.2) is 9.59 Å². The molecule has 28 heavy (non-hydrogen) atoms. The van der Waals surface area contributed by atoms with Crippen molar-refractivity contribution in [2.24, 2.45) is 0 Å². The van der Waals surface area contributed by atoms with Crippen LogP contribution in [0, 0.1) is 13.8 Å². The van der Waals surface area contributed by atoms with Crippen molar-refractivity contribution in [1.29, 1.82) is 0 Å². The van der Waals surface area contributed by atoms with Crippen LogP contribution in [-0.2, 0) is 9.47 Å². The van der Waals surface area contributed by atoms with Crippen LogP contribution in [0.5, 0.6) is 0 Å². The summed E-state index contributed by atoms with van der Waals surface area (Å²) in [6.07, 6.45) is -0.547. The van der Waals surface area contributed by atoms with E-state index in [0.29, 0.717) is 16.8 Å². The first-order valence-electron chi connectivity index (χ1n) is 9.20. The smallest absolute Gasteiger partial charge is 0.355 e. The zero-order chi connectivity index (χ0) is 20.1. The summed E-state index contributed by atoms with van der Waals surface area (Å²) in [5, 5.41) is 0. The Balaban J connectivity index is 1.94. The minimum Gasteiger partial charge on any atom is -0.461 e. The van der Waals surface area contributed by atoms with E-state index < -0.39 is 18.0 Å². The predicted octanol–water partition coefficient (Wildman–Crippen LogP) is 4.75. The molecule has 1 aromatic heterocycles. The van der Waals surface area contributed by atoms with Gasteiger partial charge >= 0.3 is 11.9 Å². The molecule has 0 saturated heterocycles. The zero-order valence-electron chi connectivity index (χ0n) is 16.2.